The number of amides is 1. The molecule has 0 unspecified atom stereocenters. The second-order valence-electron chi connectivity index (χ2n) is 7.84. The lowest BCUT2D eigenvalue weighted by Crippen LogP contribution is -3.15. The summed E-state index contributed by atoms with van der Waals surface area (Å²) in [5.74, 6) is 0.0784. The van der Waals surface area contributed by atoms with Crippen molar-refractivity contribution in [3.8, 4) is 0 Å². The number of hydrogen-bond acceptors (Lipinski definition) is 3. The minimum atomic E-state index is -3.50. The molecule has 0 radical (unpaired) electrons. The first kappa shape index (κ1) is 21.5. The molecule has 0 saturated carbocycles. The predicted molar refractivity (Wildman–Crippen MR) is 113 cm³/mol. The Balaban J connectivity index is 1.56. The summed E-state index contributed by atoms with van der Waals surface area (Å²) in [6, 6.07) is 15.4. The number of carbonyl (C=O) groups is 1. The fourth-order valence-electron chi connectivity index (χ4n) is 3.64. The van der Waals surface area contributed by atoms with Gasteiger partial charge >= 0.3 is 0 Å². The molecule has 29 heavy (non-hydrogen) atoms. The Morgan fingerprint density at radius 3 is 2.38 bits per heavy atom. The van der Waals surface area contributed by atoms with Crippen molar-refractivity contribution >= 4 is 15.9 Å². The number of rotatable bonds is 6. The molecule has 7 heteroatoms. The number of piperazine rings is 1. The number of sulfonamides is 1. The van der Waals surface area contributed by atoms with Crippen LogP contribution >= 0.6 is 0 Å². The van der Waals surface area contributed by atoms with E-state index in [9.17, 15) is 13.2 Å². The van der Waals surface area contributed by atoms with Gasteiger partial charge in [0.05, 0.1) is 31.1 Å². The molecule has 0 bridgehead atoms. The van der Waals surface area contributed by atoms with Crippen LogP contribution in [0, 0.1) is 13.8 Å². The minimum absolute atomic E-state index is 0.0784. The van der Waals surface area contributed by atoms with Gasteiger partial charge in [-0.05, 0) is 36.6 Å². The molecular weight excluding hydrogens is 386 g/mol. The quantitative estimate of drug-likeness (QED) is 0.760. The van der Waals surface area contributed by atoms with Crippen LogP contribution in [0.25, 0.3) is 0 Å². The van der Waals surface area contributed by atoms with Crippen LogP contribution in [0.2, 0.25) is 0 Å². The summed E-state index contributed by atoms with van der Waals surface area (Å²) in [6.45, 7) is 6.83. The number of nitrogens with one attached hydrogen (secondary N) is 1. The van der Waals surface area contributed by atoms with E-state index < -0.39 is 10.0 Å². The van der Waals surface area contributed by atoms with Crippen molar-refractivity contribution < 1.29 is 18.1 Å². The number of quaternary nitrogens is 1. The first-order chi connectivity index (χ1) is 13.8. The molecule has 1 aliphatic rings. The maximum absolute atomic E-state index is 13.0. The summed E-state index contributed by atoms with van der Waals surface area (Å²) < 4.78 is 27.6. The highest BCUT2D eigenvalue weighted by Crippen LogP contribution is 2.21. The Bertz CT molecular complexity index is 953. The lowest BCUT2D eigenvalue weighted by molar-refractivity contribution is -0.896. The molecule has 0 spiro atoms. The van der Waals surface area contributed by atoms with Gasteiger partial charge in [0.1, 0.15) is 0 Å². The van der Waals surface area contributed by atoms with Gasteiger partial charge in [-0.25, -0.2) is 8.42 Å². The Morgan fingerprint density at radius 1 is 1.07 bits per heavy atom. The summed E-state index contributed by atoms with van der Waals surface area (Å²) in [4.78, 5) is 15.8. The zero-order valence-electron chi connectivity index (χ0n) is 17.4. The van der Waals surface area contributed by atoms with Crippen molar-refractivity contribution in [1.29, 1.82) is 0 Å². The highest BCUT2D eigenvalue weighted by molar-refractivity contribution is 7.89. The number of aryl methyl sites for hydroxylation is 2. The normalized spacial score (nSPS) is 16.0. The molecule has 6 nitrogen and oxygen atoms in total. The van der Waals surface area contributed by atoms with Gasteiger partial charge in [-0.2, -0.15) is 4.31 Å². The number of carbonyl (C=O) groups excluding carboxylic acids is 1. The van der Waals surface area contributed by atoms with E-state index in [4.69, 9.17) is 0 Å². The lowest BCUT2D eigenvalue weighted by atomic mass is 10.2. The average molecular weight is 417 g/mol. The van der Waals surface area contributed by atoms with E-state index in [-0.39, 0.29) is 5.91 Å². The van der Waals surface area contributed by atoms with Crippen LogP contribution in [-0.4, -0.2) is 63.3 Å². The van der Waals surface area contributed by atoms with E-state index in [1.807, 2.05) is 63.4 Å². The first-order valence-corrected chi connectivity index (χ1v) is 11.4. The second kappa shape index (κ2) is 9.07. The topological polar surface area (TPSA) is 62.1 Å². The first-order valence-electron chi connectivity index (χ1n) is 9.96. The number of hydrogen-bond donors (Lipinski definition) is 1. The van der Waals surface area contributed by atoms with E-state index in [1.165, 1.54) is 0 Å². The van der Waals surface area contributed by atoms with E-state index in [0.717, 1.165) is 21.6 Å². The van der Waals surface area contributed by atoms with E-state index in [1.54, 1.807) is 15.3 Å². The molecule has 2 aromatic rings. The van der Waals surface area contributed by atoms with Crippen molar-refractivity contribution in [2.75, 3.05) is 39.8 Å². The molecule has 0 aromatic heterocycles. The molecule has 1 heterocycles. The highest BCUT2D eigenvalue weighted by Gasteiger charge is 2.32. The number of benzene rings is 2. The van der Waals surface area contributed by atoms with E-state index >= 15 is 0 Å². The Hall–Kier alpha value is -2.22. The summed E-state index contributed by atoms with van der Waals surface area (Å²) >= 11 is 0. The van der Waals surface area contributed by atoms with Crippen molar-refractivity contribution in [1.82, 2.24) is 9.21 Å². The van der Waals surface area contributed by atoms with Crippen LogP contribution < -0.4 is 4.90 Å². The van der Waals surface area contributed by atoms with Crippen LogP contribution in [0.3, 0.4) is 0 Å². The molecule has 1 amide bonds. The largest absolute Gasteiger partial charge is 0.337 e. The maximum Gasteiger partial charge on any atom is 0.277 e. The van der Waals surface area contributed by atoms with Crippen molar-refractivity contribution in [2.24, 2.45) is 0 Å². The van der Waals surface area contributed by atoms with Crippen molar-refractivity contribution in [3.05, 3.63) is 65.2 Å². The Morgan fingerprint density at radius 2 is 1.72 bits per heavy atom. The van der Waals surface area contributed by atoms with Crippen LogP contribution in [0.1, 0.15) is 16.7 Å². The second-order valence-corrected chi connectivity index (χ2v) is 9.74. The molecule has 1 fully saturated rings. The van der Waals surface area contributed by atoms with Crippen molar-refractivity contribution in [2.45, 2.75) is 25.3 Å². The van der Waals surface area contributed by atoms with Crippen LogP contribution in [0.4, 0.5) is 0 Å². The summed E-state index contributed by atoms with van der Waals surface area (Å²) in [7, 11) is -1.68. The molecule has 1 saturated heterocycles. The molecule has 0 aliphatic carbocycles. The third-order valence-electron chi connectivity index (χ3n) is 5.48. The molecule has 2 aromatic carbocycles. The van der Waals surface area contributed by atoms with E-state index in [2.05, 4.69) is 0 Å². The average Bonchev–Trinajstić information content (AvgIpc) is 2.71. The monoisotopic (exact) mass is 416 g/mol. The standard InChI is InChI=1S/C22H29N3O3S/c1-18-9-10-19(2)21(15-18)29(27,28)25-13-11-24(12-14-25)17-22(26)23(3)16-20-7-5-4-6-8-20/h4-10,15H,11-14,16-17H2,1-3H3/p+1. The SMILES string of the molecule is Cc1ccc(C)c(S(=O)(=O)N2CC[NH+](CC(=O)N(C)Cc3ccccc3)CC2)c1. The smallest absolute Gasteiger partial charge is 0.277 e. The third-order valence-corrected chi connectivity index (χ3v) is 7.52. The number of nitrogens with zero attached hydrogens (tertiary/aromatic N) is 2. The lowest BCUT2D eigenvalue weighted by Gasteiger charge is -2.32. The van der Waals surface area contributed by atoms with Gasteiger partial charge in [0, 0.05) is 13.6 Å². The van der Waals surface area contributed by atoms with Gasteiger partial charge in [0.2, 0.25) is 10.0 Å². The van der Waals surface area contributed by atoms with Crippen LogP contribution in [-0.2, 0) is 21.4 Å². The molecule has 0 atom stereocenters. The fraction of sp³-hybridized carbons (Fsp3) is 0.409. The maximum atomic E-state index is 13.0. The van der Waals surface area contributed by atoms with Gasteiger partial charge in [0.15, 0.2) is 6.54 Å². The third kappa shape index (κ3) is 5.23. The van der Waals surface area contributed by atoms with Gasteiger partial charge in [-0.3, -0.25) is 4.79 Å². The van der Waals surface area contributed by atoms with E-state index in [0.29, 0.717) is 44.2 Å². The number of likely N-dealkylation sites (N-methyl/N-ethyl adjacent to an activating group) is 1. The summed E-state index contributed by atoms with van der Waals surface area (Å²) in [5.41, 5.74) is 2.80. The zero-order valence-corrected chi connectivity index (χ0v) is 18.2. The molecule has 3 rings (SSSR count). The fourth-order valence-corrected chi connectivity index (χ4v) is 5.39. The summed E-state index contributed by atoms with van der Waals surface area (Å²) in [5, 5.41) is 0. The van der Waals surface area contributed by atoms with Crippen molar-refractivity contribution in [3.63, 3.8) is 0 Å². The predicted octanol–water partition coefficient (Wildman–Crippen LogP) is 0.851. The molecular formula is C22H30N3O3S+. The zero-order chi connectivity index (χ0) is 21.0. The molecule has 156 valence electrons. The van der Waals surface area contributed by atoms with Crippen LogP contribution in [0.5, 0.6) is 0 Å². The molecule has 1 N–H and O–H groups in total. The highest BCUT2D eigenvalue weighted by atomic mass is 32.2. The van der Waals surface area contributed by atoms with Gasteiger partial charge in [0.25, 0.3) is 5.91 Å². The summed E-state index contributed by atoms with van der Waals surface area (Å²) in [6.07, 6.45) is 0. The van der Waals surface area contributed by atoms with Crippen LogP contribution in [0.15, 0.2) is 53.4 Å². The Labute approximate surface area is 173 Å². The van der Waals surface area contributed by atoms with Gasteiger partial charge in [-0.15, -0.1) is 0 Å². The van der Waals surface area contributed by atoms with Gasteiger partial charge in [-0.1, -0.05) is 42.5 Å². The van der Waals surface area contributed by atoms with Gasteiger partial charge < -0.3 is 9.80 Å². The minimum Gasteiger partial charge on any atom is -0.337 e. The molecule has 1 aliphatic heterocycles. The Kier molecular flexibility index (Phi) is 6.72.